The van der Waals surface area contributed by atoms with Crippen molar-refractivity contribution in [1.29, 1.82) is 0 Å². The minimum atomic E-state index is -0.672. The van der Waals surface area contributed by atoms with E-state index < -0.39 is 5.97 Å². The van der Waals surface area contributed by atoms with E-state index in [4.69, 9.17) is 9.47 Å². The van der Waals surface area contributed by atoms with Crippen LogP contribution in [0.25, 0.3) is 0 Å². The van der Waals surface area contributed by atoms with Gasteiger partial charge >= 0.3 is 5.97 Å². The normalized spacial score (nSPS) is 10.1. The third-order valence-corrected chi connectivity index (χ3v) is 3.42. The molecule has 7 nitrogen and oxygen atoms in total. The lowest BCUT2D eigenvalue weighted by molar-refractivity contribution is -0.114. The molecule has 2 rings (SSSR count). The van der Waals surface area contributed by atoms with Gasteiger partial charge in [0.05, 0.1) is 12.8 Å². The molecule has 0 aliphatic carbocycles. The van der Waals surface area contributed by atoms with Gasteiger partial charge in [0.1, 0.15) is 23.7 Å². The Kier molecular flexibility index (Phi) is 4.95. The highest BCUT2D eigenvalue weighted by Gasteiger charge is 2.14. The lowest BCUT2D eigenvalue weighted by Crippen LogP contribution is -2.07. The number of methoxy groups -OCH3 is 1. The molecule has 1 amide bonds. The van der Waals surface area contributed by atoms with Gasteiger partial charge in [0, 0.05) is 18.4 Å². The van der Waals surface area contributed by atoms with Gasteiger partial charge in [-0.15, -0.1) is 11.3 Å². The quantitative estimate of drug-likeness (QED) is 0.819. The number of nitrogens with one attached hydrogen (secondary N) is 1. The zero-order chi connectivity index (χ0) is 16.1. The molecule has 0 atom stereocenters. The molecule has 1 aromatic heterocycles. The summed E-state index contributed by atoms with van der Waals surface area (Å²) in [6.45, 7) is 1.33. The van der Waals surface area contributed by atoms with E-state index in [1.807, 2.05) is 0 Å². The molecule has 0 fully saturated rings. The number of phenolic OH excluding ortho intramolecular Hbond substituents is 1. The van der Waals surface area contributed by atoms with Crippen molar-refractivity contribution in [2.75, 3.05) is 12.4 Å². The van der Waals surface area contributed by atoms with Crippen LogP contribution < -0.4 is 10.1 Å². The zero-order valence-corrected chi connectivity index (χ0v) is 12.8. The fraction of sp³-hybridized carbons (Fsp3) is 0.214. The van der Waals surface area contributed by atoms with Gasteiger partial charge in [-0.05, 0) is 12.1 Å². The van der Waals surface area contributed by atoms with Crippen molar-refractivity contribution in [2.45, 2.75) is 13.5 Å². The molecule has 2 aromatic rings. The Morgan fingerprint density at radius 3 is 2.82 bits per heavy atom. The number of aromatic nitrogens is 1. The van der Waals surface area contributed by atoms with Gasteiger partial charge in [-0.3, -0.25) is 4.79 Å². The highest BCUT2D eigenvalue weighted by molar-refractivity contribution is 7.13. The summed E-state index contributed by atoms with van der Waals surface area (Å²) in [7, 11) is 1.46. The number of carbonyl (C=O) groups excluding carboxylic acids is 2. The SMILES string of the molecule is COc1ccc(C(=O)OCc2csc(NC(C)=O)n2)c(O)c1. The Morgan fingerprint density at radius 1 is 1.41 bits per heavy atom. The maximum atomic E-state index is 11.9. The molecule has 0 aliphatic rings. The van der Waals surface area contributed by atoms with Crippen LogP contribution in [0, 0.1) is 0 Å². The van der Waals surface area contributed by atoms with Gasteiger partial charge < -0.3 is 19.9 Å². The molecule has 8 heteroatoms. The van der Waals surface area contributed by atoms with Gasteiger partial charge in [-0.2, -0.15) is 0 Å². The Labute approximate surface area is 130 Å². The van der Waals surface area contributed by atoms with Crippen molar-refractivity contribution in [3.8, 4) is 11.5 Å². The van der Waals surface area contributed by atoms with E-state index in [1.165, 1.54) is 37.5 Å². The first-order chi connectivity index (χ1) is 10.5. The lowest BCUT2D eigenvalue weighted by atomic mass is 10.2. The summed E-state index contributed by atoms with van der Waals surface area (Å²) in [6, 6.07) is 4.29. The minimum Gasteiger partial charge on any atom is -0.507 e. The van der Waals surface area contributed by atoms with Gasteiger partial charge in [-0.25, -0.2) is 9.78 Å². The average Bonchev–Trinajstić information content (AvgIpc) is 2.91. The van der Waals surface area contributed by atoms with Crippen molar-refractivity contribution < 1.29 is 24.2 Å². The van der Waals surface area contributed by atoms with Crippen LogP contribution >= 0.6 is 11.3 Å². The lowest BCUT2D eigenvalue weighted by Gasteiger charge is -2.06. The number of nitrogens with zero attached hydrogens (tertiary/aromatic N) is 1. The number of amides is 1. The van der Waals surface area contributed by atoms with Crippen LogP contribution in [0.5, 0.6) is 11.5 Å². The first-order valence-corrected chi connectivity index (χ1v) is 7.13. The number of ether oxygens (including phenoxy) is 2. The predicted octanol–water partition coefficient (Wildman–Crippen LogP) is 2.17. The van der Waals surface area contributed by atoms with Crippen LogP contribution in [-0.2, 0) is 16.1 Å². The number of rotatable bonds is 5. The molecular formula is C14H14N2O5S. The number of esters is 1. The first-order valence-electron chi connectivity index (χ1n) is 6.25. The number of anilines is 1. The van der Waals surface area contributed by atoms with Crippen molar-refractivity contribution in [3.05, 3.63) is 34.8 Å². The van der Waals surface area contributed by atoms with Gasteiger partial charge in [-0.1, -0.05) is 0 Å². The second kappa shape index (κ2) is 6.90. The molecule has 1 aromatic carbocycles. The molecule has 0 unspecified atom stereocenters. The summed E-state index contributed by atoms with van der Waals surface area (Å²) in [5, 5.41) is 14.4. The minimum absolute atomic E-state index is 0.0399. The molecular weight excluding hydrogens is 308 g/mol. The maximum absolute atomic E-state index is 11.9. The van der Waals surface area contributed by atoms with E-state index in [1.54, 1.807) is 11.4 Å². The van der Waals surface area contributed by atoms with E-state index in [2.05, 4.69) is 10.3 Å². The summed E-state index contributed by atoms with van der Waals surface area (Å²) in [5.74, 6) is -0.676. The van der Waals surface area contributed by atoms with E-state index in [-0.39, 0.29) is 23.8 Å². The number of carbonyl (C=O) groups is 2. The highest BCUT2D eigenvalue weighted by Crippen LogP contribution is 2.24. The fourth-order valence-electron chi connectivity index (χ4n) is 1.61. The third kappa shape index (κ3) is 3.95. The summed E-state index contributed by atoms with van der Waals surface area (Å²) >= 11 is 1.23. The van der Waals surface area contributed by atoms with E-state index in [0.717, 1.165) is 0 Å². The van der Waals surface area contributed by atoms with Crippen molar-refractivity contribution >= 4 is 28.3 Å². The number of hydrogen-bond acceptors (Lipinski definition) is 7. The fourth-order valence-corrected chi connectivity index (χ4v) is 2.35. The predicted molar refractivity (Wildman–Crippen MR) is 80.2 cm³/mol. The molecule has 0 aliphatic heterocycles. The van der Waals surface area contributed by atoms with Crippen LogP contribution in [0.2, 0.25) is 0 Å². The molecule has 0 saturated heterocycles. The Hall–Kier alpha value is -2.61. The van der Waals surface area contributed by atoms with Gasteiger partial charge in [0.2, 0.25) is 5.91 Å². The first kappa shape index (κ1) is 15.8. The second-order valence-electron chi connectivity index (χ2n) is 4.28. The number of hydrogen-bond donors (Lipinski definition) is 2. The van der Waals surface area contributed by atoms with E-state index >= 15 is 0 Å². The molecule has 0 spiro atoms. The number of phenols is 1. The molecule has 0 radical (unpaired) electrons. The standard InChI is InChI=1S/C14H14N2O5S/c1-8(17)15-14-16-9(7-22-14)6-21-13(19)11-4-3-10(20-2)5-12(11)18/h3-5,7,18H,6H2,1-2H3,(H,15,16,17). The average molecular weight is 322 g/mol. The van der Waals surface area contributed by atoms with Crippen LogP contribution in [0.3, 0.4) is 0 Å². The smallest absolute Gasteiger partial charge is 0.342 e. The third-order valence-electron chi connectivity index (χ3n) is 2.61. The summed E-state index contributed by atoms with van der Waals surface area (Å²) in [5.41, 5.74) is 0.549. The largest absolute Gasteiger partial charge is 0.507 e. The molecule has 22 heavy (non-hydrogen) atoms. The number of aromatic hydroxyl groups is 1. The topological polar surface area (TPSA) is 97.8 Å². The highest BCUT2D eigenvalue weighted by atomic mass is 32.1. The van der Waals surface area contributed by atoms with Gasteiger partial charge in [0.15, 0.2) is 5.13 Å². The van der Waals surface area contributed by atoms with Crippen molar-refractivity contribution in [1.82, 2.24) is 4.98 Å². The Morgan fingerprint density at radius 2 is 2.18 bits per heavy atom. The Balaban J connectivity index is 1.98. The molecule has 2 N–H and O–H groups in total. The van der Waals surface area contributed by atoms with E-state index in [0.29, 0.717) is 16.6 Å². The van der Waals surface area contributed by atoms with Gasteiger partial charge in [0.25, 0.3) is 0 Å². The molecule has 0 saturated carbocycles. The summed E-state index contributed by atoms with van der Waals surface area (Å²) in [6.07, 6.45) is 0. The second-order valence-corrected chi connectivity index (χ2v) is 5.14. The summed E-state index contributed by atoms with van der Waals surface area (Å²) in [4.78, 5) is 26.9. The van der Waals surface area contributed by atoms with Crippen LogP contribution in [0.1, 0.15) is 23.0 Å². The zero-order valence-electron chi connectivity index (χ0n) is 12.0. The van der Waals surface area contributed by atoms with E-state index in [9.17, 15) is 14.7 Å². The van der Waals surface area contributed by atoms with Crippen molar-refractivity contribution in [2.24, 2.45) is 0 Å². The summed E-state index contributed by atoms with van der Waals surface area (Å²) < 4.78 is 10.0. The van der Waals surface area contributed by atoms with Crippen LogP contribution in [0.15, 0.2) is 23.6 Å². The Bertz CT molecular complexity index is 698. The molecule has 116 valence electrons. The molecule has 1 heterocycles. The van der Waals surface area contributed by atoms with Crippen LogP contribution in [-0.4, -0.2) is 29.1 Å². The number of thiazole rings is 1. The monoisotopic (exact) mass is 322 g/mol. The van der Waals surface area contributed by atoms with Crippen LogP contribution in [0.4, 0.5) is 5.13 Å². The number of benzene rings is 1. The molecule has 0 bridgehead atoms. The maximum Gasteiger partial charge on any atom is 0.342 e. The van der Waals surface area contributed by atoms with Crippen molar-refractivity contribution in [3.63, 3.8) is 0 Å².